The second-order valence-electron chi connectivity index (χ2n) is 6.98. The Labute approximate surface area is 102 Å². The summed E-state index contributed by atoms with van der Waals surface area (Å²) in [4.78, 5) is 0. The van der Waals surface area contributed by atoms with E-state index in [1.165, 1.54) is 51.4 Å². The van der Waals surface area contributed by atoms with Crippen molar-refractivity contribution in [3.05, 3.63) is 0 Å². The van der Waals surface area contributed by atoms with Crippen molar-refractivity contribution in [1.82, 2.24) is 0 Å². The van der Waals surface area contributed by atoms with Crippen molar-refractivity contribution in [1.29, 1.82) is 0 Å². The summed E-state index contributed by atoms with van der Waals surface area (Å²) in [6.45, 7) is 10.1. The van der Waals surface area contributed by atoms with E-state index in [4.69, 9.17) is 0 Å². The number of hydrogen-bond donors (Lipinski definition) is 0. The molecule has 0 heterocycles. The highest BCUT2D eigenvalue weighted by Gasteiger charge is 2.68. The predicted octanol–water partition coefficient (Wildman–Crippen LogP) is 5.42. The molecule has 0 aromatic rings. The first-order valence-electron chi connectivity index (χ1n) is 7.53. The van der Waals surface area contributed by atoms with Gasteiger partial charge in [-0.25, -0.2) is 0 Å². The molecule has 0 heteroatoms. The van der Waals surface area contributed by atoms with Gasteiger partial charge in [-0.2, -0.15) is 0 Å². The van der Waals surface area contributed by atoms with Gasteiger partial charge in [0.1, 0.15) is 0 Å². The van der Waals surface area contributed by atoms with Gasteiger partial charge < -0.3 is 0 Å². The van der Waals surface area contributed by atoms with Gasteiger partial charge in [0.25, 0.3) is 0 Å². The standard InChI is InChI=1S/C16H30/c1-13-11-9-7-5-6-8-10-12-15(3)14(2)16(13,15)4/h13-14H,5-12H2,1-4H3. The van der Waals surface area contributed by atoms with Crippen LogP contribution in [0.4, 0.5) is 0 Å². The monoisotopic (exact) mass is 222 g/mol. The molecule has 4 atom stereocenters. The van der Waals surface area contributed by atoms with Crippen molar-refractivity contribution in [2.75, 3.05) is 0 Å². The van der Waals surface area contributed by atoms with Crippen LogP contribution in [0.3, 0.4) is 0 Å². The van der Waals surface area contributed by atoms with E-state index in [0.29, 0.717) is 10.8 Å². The second kappa shape index (κ2) is 4.35. The Bertz CT molecular complexity index is 244. The summed E-state index contributed by atoms with van der Waals surface area (Å²) in [6, 6.07) is 0. The zero-order chi connectivity index (χ0) is 11.8. The quantitative estimate of drug-likeness (QED) is 0.513. The van der Waals surface area contributed by atoms with Gasteiger partial charge in [0, 0.05) is 0 Å². The highest BCUT2D eigenvalue weighted by atomic mass is 14.7. The lowest BCUT2D eigenvalue weighted by atomic mass is 9.80. The number of rotatable bonds is 0. The first kappa shape index (κ1) is 12.5. The van der Waals surface area contributed by atoms with Gasteiger partial charge in [0.2, 0.25) is 0 Å². The van der Waals surface area contributed by atoms with Crippen LogP contribution in [0.5, 0.6) is 0 Å². The Morgan fingerprint density at radius 3 is 2.06 bits per heavy atom. The summed E-state index contributed by atoms with van der Waals surface area (Å²) >= 11 is 0. The fourth-order valence-corrected chi connectivity index (χ4v) is 4.61. The zero-order valence-electron chi connectivity index (χ0n) is 11.8. The Hall–Kier alpha value is 0. The minimum Gasteiger partial charge on any atom is -0.0620 e. The highest BCUT2D eigenvalue weighted by molar-refractivity contribution is 5.16. The Morgan fingerprint density at radius 1 is 0.812 bits per heavy atom. The lowest BCUT2D eigenvalue weighted by molar-refractivity contribution is 0.243. The fraction of sp³-hybridized carbons (Fsp3) is 1.00. The third-order valence-electron chi connectivity index (χ3n) is 6.61. The molecular weight excluding hydrogens is 192 g/mol. The second-order valence-corrected chi connectivity index (χ2v) is 6.98. The largest absolute Gasteiger partial charge is 0.0620 e. The van der Waals surface area contributed by atoms with Crippen LogP contribution >= 0.6 is 0 Å². The molecule has 0 aromatic carbocycles. The molecule has 0 radical (unpaired) electrons. The molecule has 0 bridgehead atoms. The third-order valence-corrected chi connectivity index (χ3v) is 6.61. The summed E-state index contributed by atoms with van der Waals surface area (Å²) in [7, 11) is 0. The SMILES string of the molecule is CC1CCCCCCCCC2(C)C(C)C12C. The van der Waals surface area contributed by atoms with E-state index in [-0.39, 0.29) is 0 Å². The van der Waals surface area contributed by atoms with E-state index in [1.54, 1.807) is 0 Å². The van der Waals surface area contributed by atoms with Crippen molar-refractivity contribution in [3.63, 3.8) is 0 Å². The number of hydrogen-bond acceptors (Lipinski definition) is 0. The van der Waals surface area contributed by atoms with E-state index in [1.807, 2.05) is 0 Å². The zero-order valence-corrected chi connectivity index (χ0v) is 11.8. The summed E-state index contributed by atoms with van der Waals surface area (Å²) in [5.74, 6) is 1.89. The van der Waals surface area contributed by atoms with Gasteiger partial charge in [-0.3, -0.25) is 0 Å². The van der Waals surface area contributed by atoms with Crippen molar-refractivity contribution in [3.8, 4) is 0 Å². The van der Waals surface area contributed by atoms with E-state index in [9.17, 15) is 0 Å². The molecule has 2 fully saturated rings. The highest BCUT2D eigenvalue weighted by Crippen LogP contribution is 2.74. The maximum absolute atomic E-state index is 2.57. The van der Waals surface area contributed by atoms with Crippen LogP contribution in [0.1, 0.15) is 79.1 Å². The predicted molar refractivity (Wildman–Crippen MR) is 71.5 cm³/mol. The molecule has 0 amide bonds. The molecule has 0 saturated heterocycles. The molecule has 0 aromatic heterocycles. The summed E-state index contributed by atoms with van der Waals surface area (Å²) in [5.41, 5.74) is 1.31. The number of fused-ring (bicyclic) bond motifs is 1. The van der Waals surface area contributed by atoms with Crippen LogP contribution in [0.2, 0.25) is 0 Å². The van der Waals surface area contributed by atoms with E-state index >= 15 is 0 Å². The molecule has 4 unspecified atom stereocenters. The molecule has 2 aliphatic carbocycles. The average molecular weight is 222 g/mol. The lowest BCUT2D eigenvalue weighted by Crippen LogP contribution is -2.17. The van der Waals surface area contributed by atoms with Crippen LogP contribution in [0.25, 0.3) is 0 Å². The minimum atomic E-state index is 0.650. The van der Waals surface area contributed by atoms with Gasteiger partial charge in [-0.05, 0) is 29.1 Å². The molecule has 0 aliphatic heterocycles. The fourth-order valence-electron chi connectivity index (χ4n) is 4.61. The van der Waals surface area contributed by atoms with Gasteiger partial charge in [-0.1, -0.05) is 72.6 Å². The molecular formula is C16H30. The van der Waals surface area contributed by atoms with Crippen LogP contribution in [0.15, 0.2) is 0 Å². The smallest absolute Gasteiger partial charge is 0.0212 e. The molecule has 0 N–H and O–H groups in total. The molecule has 2 rings (SSSR count). The Kier molecular flexibility index (Phi) is 3.39. The summed E-state index contributed by atoms with van der Waals surface area (Å²) in [6.07, 6.45) is 11.8. The average Bonchev–Trinajstić information content (AvgIpc) is 2.70. The third kappa shape index (κ3) is 1.73. The van der Waals surface area contributed by atoms with Crippen molar-refractivity contribution in [2.45, 2.75) is 79.1 Å². The topological polar surface area (TPSA) is 0 Å². The van der Waals surface area contributed by atoms with Gasteiger partial charge >= 0.3 is 0 Å². The van der Waals surface area contributed by atoms with Gasteiger partial charge in [0.05, 0.1) is 0 Å². The first-order chi connectivity index (χ1) is 7.53. The van der Waals surface area contributed by atoms with Crippen LogP contribution < -0.4 is 0 Å². The molecule has 2 aliphatic rings. The Morgan fingerprint density at radius 2 is 1.38 bits per heavy atom. The minimum absolute atomic E-state index is 0.650. The van der Waals surface area contributed by atoms with Crippen LogP contribution in [-0.4, -0.2) is 0 Å². The summed E-state index contributed by atoms with van der Waals surface area (Å²) in [5, 5.41) is 0. The van der Waals surface area contributed by atoms with Gasteiger partial charge in [0.15, 0.2) is 0 Å². The Balaban J connectivity index is 2.07. The molecule has 0 nitrogen and oxygen atoms in total. The first-order valence-corrected chi connectivity index (χ1v) is 7.53. The molecule has 2 saturated carbocycles. The van der Waals surface area contributed by atoms with Gasteiger partial charge in [-0.15, -0.1) is 0 Å². The van der Waals surface area contributed by atoms with E-state index < -0.39 is 0 Å². The van der Waals surface area contributed by atoms with Crippen LogP contribution in [-0.2, 0) is 0 Å². The maximum atomic E-state index is 2.57. The van der Waals surface area contributed by atoms with Crippen molar-refractivity contribution in [2.24, 2.45) is 22.7 Å². The van der Waals surface area contributed by atoms with Crippen molar-refractivity contribution >= 4 is 0 Å². The van der Waals surface area contributed by atoms with E-state index in [0.717, 1.165) is 11.8 Å². The van der Waals surface area contributed by atoms with E-state index in [2.05, 4.69) is 27.7 Å². The molecule has 0 spiro atoms. The van der Waals surface area contributed by atoms with Crippen molar-refractivity contribution < 1.29 is 0 Å². The lowest BCUT2D eigenvalue weighted by Gasteiger charge is -2.25. The maximum Gasteiger partial charge on any atom is -0.0212 e. The molecule has 16 heavy (non-hydrogen) atoms. The summed E-state index contributed by atoms with van der Waals surface area (Å²) < 4.78 is 0. The van der Waals surface area contributed by atoms with Crippen LogP contribution in [0, 0.1) is 22.7 Å². The normalized spacial score (nSPS) is 50.2. The molecule has 94 valence electrons.